The number of hydrogen-bond acceptors (Lipinski definition) is 5. The van der Waals surface area contributed by atoms with Crippen LogP contribution in [0, 0.1) is 0 Å². The van der Waals surface area contributed by atoms with Crippen LogP contribution in [0.2, 0.25) is 0 Å². The van der Waals surface area contributed by atoms with E-state index in [9.17, 15) is 9.59 Å². The molecule has 4 rings (SSSR count). The van der Waals surface area contributed by atoms with E-state index in [0.29, 0.717) is 13.1 Å². The van der Waals surface area contributed by atoms with Gasteiger partial charge in [0.25, 0.3) is 0 Å². The van der Waals surface area contributed by atoms with Crippen LogP contribution in [0.5, 0.6) is 0 Å². The lowest BCUT2D eigenvalue weighted by Crippen LogP contribution is -2.39. The second-order valence-electron chi connectivity index (χ2n) is 7.71. The van der Waals surface area contributed by atoms with E-state index < -0.39 is 0 Å². The lowest BCUT2D eigenvalue weighted by atomic mass is 10.0. The third kappa shape index (κ3) is 4.07. The second kappa shape index (κ2) is 8.35. The van der Waals surface area contributed by atoms with E-state index in [4.69, 9.17) is 13.9 Å². The van der Waals surface area contributed by atoms with E-state index in [1.807, 2.05) is 0 Å². The smallest absolute Gasteiger partial charge is 0.307 e. The van der Waals surface area contributed by atoms with Crippen molar-refractivity contribution in [3.05, 3.63) is 35.1 Å². The largest absolute Gasteiger partial charge is 0.469 e. The number of amides is 1. The minimum Gasteiger partial charge on any atom is -0.469 e. The normalized spacial score (nSPS) is 18.4. The molecule has 1 aliphatic heterocycles. The summed E-state index contributed by atoms with van der Waals surface area (Å²) in [7, 11) is 1.37. The van der Waals surface area contributed by atoms with Crippen LogP contribution in [0.4, 0.5) is 0 Å². The quantitative estimate of drug-likeness (QED) is 0.685. The Balaban J connectivity index is 1.49. The van der Waals surface area contributed by atoms with Gasteiger partial charge < -0.3 is 18.8 Å². The molecule has 6 nitrogen and oxygen atoms in total. The van der Waals surface area contributed by atoms with Crippen LogP contribution in [0.3, 0.4) is 0 Å². The van der Waals surface area contributed by atoms with E-state index in [-0.39, 0.29) is 30.8 Å². The summed E-state index contributed by atoms with van der Waals surface area (Å²) in [6, 6.07) is 4.30. The van der Waals surface area contributed by atoms with E-state index >= 15 is 0 Å². The first-order valence-corrected chi connectivity index (χ1v) is 10.1. The van der Waals surface area contributed by atoms with Crippen molar-refractivity contribution >= 4 is 22.8 Å². The average molecular weight is 385 g/mol. The molecular weight excluding hydrogens is 358 g/mol. The van der Waals surface area contributed by atoms with Crippen molar-refractivity contribution in [2.75, 3.05) is 26.8 Å². The van der Waals surface area contributed by atoms with Crippen molar-refractivity contribution in [2.24, 2.45) is 0 Å². The maximum Gasteiger partial charge on any atom is 0.307 e. The number of carbonyl (C=O) groups excluding carboxylic acids is 2. The summed E-state index contributed by atoms with van der Waals surface area (Å²) in [5.74, 6) is -0.322. The lowest BCUT2D eigenvalue weighted by Gasteiger charge is -2.25. The van der Waals surface area contributed by atoms with Crippen molar-refractivity contribution < 1.29 is 23.5 Å². The number of ether oxygens (including phenoxy) is 2. The van der Waals surface area contributed by atoms with Gasteiger partial charge in [0.15, 0.2) is 0 Å². The van der Waals surface area contributed by atoms with E-state index in [2.05, 4.69) is 12.1 Å². The fourth-order valence-electron chi connectivity index (χ4n) is 4.24. The number of rotatable bonds is 7. The van der Waals surface area contributed by atoms with Gasteiger partial charge in [-0.1, -0.05) is 0 Å². The summed E-state index contributed by atoms with van der Waals surface area (Å²) in [6.07, 6.45) is 7.53. The molecular formula is C22H27NO5. The summed E-state index contributed by atoms with van der Waals surface area (Å²) < 4.78 is 16.2. The van der Waals surface area contributed by atoms with Gasteiger partial charge in [-0.05, 0) is 55.4 Å². The molecule has 1 amide bonds. The number of methoxy groups -OCH3 is 1. The molecule has 1 aromatic heterocycles. The molecule has 0 N–H and O–H groups in total. The van der Waals surface area contributed by atoms with Gasteiger partial charge in [0.05, 0.1) is 32.3 Å². The number of benzene rings is 1. The Labute approximate surface area is 164 Å². The van der Waals surface area contributed by atoms with Crippen LogP contribution in [-0.4, -0.2) is 49.7 Å². The number of carbonyl (C=O) groups is 2. The molecule has 2 aromatic rings. The summed E-state index contributed by atoms with van der Waals surface area (Å²) in [5, 5.41) is 1.03. The van der Waals surface area contributed by atoms with Gasteiger partial charge in [0.1, 0.15) is 5.58 Å². The fraction of sp³-hybridized carbons (Fsp3) is 0.545. The molecule has 1 saturated heterocycles. The monoisotopic (exact) mass is 385 g/mol. The Morgan fingerprint density at radius 2 is 2.04 bits per heavy atom. The third-order valence-corrected chi connectivity index (χ3v) is 5.82. The maximum atomic E-state index is 13.1. The highest BCUT2D eigenvalue weighted by Crippen LogP contribution is 2.30. The van der Waals surface area contributed by atoms with Gasteiger partial charge in [-0.15, -0.1) is 0 Å². The van der Waals surface area contributed by atoms with Crippen LogP contribution in [0.1, 0.15) is 42.4 Å². The molecule has 6 heteroatoms. The van der Waals surface area contributed by atoms with Crippen LogP contribution in [0.15, 0.2) is 22.8 Å². The van der Waals surface area contributed by atoms with Gasteiger partial charge in [-0.3, -0.25) is 9.59 Å². The highest BCUT2D eigenvalue weighted by molar-refractivity contribution is 5.89. The van der Waals surface area contributed by atoms with Crippen LogP contribution < -0.4 is 0 Å². The highest BCUT2D eigenvalue weighted by atomic mass is 16.5. The number of hydrogen-bond donors (Lipinski definition) is 0. The summed E-state index contributed by atoms with van der Waals surface area (Å²) in [5.41, 5.74) is 4.48. The molecule has 28 heavy (non-hydrogen) atoms. The topological polar surface area (TPSA) is 69.0 Å². The minimum absolute atomic E-state index is 0.0115. The molecule has 0 radical (unpaired) electrons. The Kier molecular flexibility index (Phi) is 5.67. The summed E-state index contributed by atoms with van der Waals surface area (Å²) in [6.45, 7) is 1.60. The zero-order valence-corrected chi connectivity index (χ0v) is 16.4. The Bertz CT molecular complexity index is 865. The van der Waals surface area contributed by atoms with E-state index in [1.54, 1.807) is 11.2 Å². The molecule has 0 bridgehead atoms. The van der Waals surface area contributed by atoms with Crippen molar-refractivity contribution in [1.29, 1.82) is 0 Å². The summed E-state index contributed by atoms with van der Waals surface area (Å²) in [4.78, 5) is 26.4. The lowest BCUT2D eigenvalue weighted by molar-refractivity contribution is -0.142. The first kappa shape index (κ1) is 19.0. The standard InChI is InChI=1S/C22H27NO5/c1-26-22(25)7-8-23(13-18-6-3-9-27-18)21(24)12-17-14-28-20-11-16-5-2-4-15(16)10-19(17)20/h10-11,14,18H,2-9,12-13H2,1H3. The SMILES string of the molecule is COC(=O)CCN(CC1CCCO1)C(=O)Cc1coc2cc3c(cc12)CCC3. The van der Waals surface area contributed by atoms with Crippen molar-refractivity contribution in [1.82, 2.24) is 4.90 Å². The number of aryl methyl sites for hydroxylation is 2. The Morgan fingerprint density at radius 1 is 1.21 bits per heavy atom. The minimum atomic E-state index is -0.311. The van der Waals surface area contributed by atoms with E-state index in [0.717, 1.165) is 48.8 Å². The third-order valence-electron chi connectivity index (χ3n) is 5.82. The van der Waals surface area contributed by atoms with Gasteiger partial charge in [0, 0.05) is 30.6 Å². The maximum absolute atomic E-state index is 13.1. The molecule has 0 spiro atoms. The molecule has 150 valence electrons. The van der Waals surface area contributed by atoms with Gasteiger partial charge in [-0.25, -0.2) is 0 Å². The van der Waals surface area contributed by atoms with E-state index in [1.165, 1.54) is 24.7 Å². The molecule has 2 heterocycles. The van der Waals surface area contributed by atoms with Crippen molar-refractivity contribution in [3.8, 4) is 0 Å². The van der Waals surface area contributed by atoms with Crippen LogP contribution in [0.25, 0.3) is 11.0 Å². The predicted molar refractivity (Wildman–Crippen MR) is 104 cm³/mol. The van der Waals surface area contributed by atoms with Gasteiger partial charge in [-0.2, -0.15) is 0 Å². The Hall–Kier alpha value is -2.34. The highest BCUT2D eigenvalue weighted by Gasteiger charge is 2.24. The first-order valence-electron chi connectivity index (χ1n) is 10.1. The predicted octanol–water partition coefficient (Wildman–Crippen LogP) is 3.03. The molecule has 1 atom stereocenters. The Morgan fingerprint density at radius 3 is 2.79 bits per heavy atom. The van der Waals surface area contributed by atoms with Crippen LogP contribution in [-0.2, 0) is 38.3 Å². The molecule has 1 aliphatic carbocycles. The fourth-order valence-corrected chi connectivity index (χ4v) is 4.24. The number of furan rings is 1. The molecule has 2 aliphatic rings. The number of esters is 1. The van der Waals surface area contributed by atoms with Gasteiger partial charge in [0.2, 0.25) is 5.91 Å². The van der Waals surface area contributed by atoms with Crippen molar-refractivity contribution in [3.63, 3.8) is 0 Å². The van der Waals surface area contributed by atoms with Gasteiger partial charge >= 0.3 is 5.97 Å². The second-order valence-corrected chi connectivity index (χ2v) is 7.71. The zero-order valence-electron chi connectivity index (χ0n) is 16.4. The van der Waals surface area contributed by atoms with Crippen LogP contribution >= 0.6 is 0 Å². The molecule has 1 unspecified atom stereocenters. The number of nitrogens with zero attached hydrogens (tertiary/aromatic N) is 1. The molecule has 1 aromatic carbocycles. The molecule has 0 saturated carbocycles. The van der Waals surface area contributed by atoms with Crippen molar-refractivity contribution in [2.45, 2.75) is 51.0 Å². The molecule has 1 fully saturated rings. The summed E-state index contributed by atoms with van der Waals surface area (Å²) >= 11 is 0. The first-order chi connectivity index (χ1) is 13.6. The average Bonchev–Trinajstić information content (AvgIpc) is 3.44. The number of fused-ring (bicyclic) bond motifs is 2. The zero-order chi connectivity index (χ0) is 19.5.